The lowest BCUT2D eigenvalue weighted by Crippen LogP contribution is -2.47. The van der Waals surface area contributed by atoms with Gasteiger partial charge in [0.25, 0.3) is 5.91 Å². The topological polar surface area (TPSA) is 58.2 Å². The molecule has 0 aliphatic heterocycles. The average Bonchev–Trinajstić information content (AvgIpc) is 3.06. The van der Waals surface area contributed by atoms with Gasteiger partial charge in [-0.3, -0.25) is 9.59 Å². The zero-order chi connectivity index (χ0) is 13.1. The summed E-state index contributed by atoms with van der Waals surface area (Å²) in [6.07, 6.45) is -2.45. The maximum atomic E-state index is 12.4. The second kappa shape index (κ2) is 5.33. The molecule has 1 fully saturated rings. The van der Waals surface area contributed by atoms with Crippen LogP contribution in [0.4, 0.5) is 17.6 Å². The van der Waals surface area contributed by atoms with Gasteiger partial charge in [0.1, 0.15) is 0 Å². The van der Waals surface area contributed by atoms with Crippen molar-refractivity contribution >= 4 is 11.8 Å². The van der Waals surface area contributed by atoms with Crippen LogP contribution in [-0.4, -0.2) is 37.3 Å². The molecule has 4 nitrogen and oxygen atoms in total. The number of rotatable bonds is 6. The summed E-state index contributed by atoms with van der Waals surface area (Å²) in [7, 11) is 0. The fourth-order valence-corrected chi connectivity index (χ4v) is 1.07. The second-order valence-electron chi connectivity index (χ2n) is 3.74. The fourth-order valence-electron chi connectivity index (χ4n) is 1.07. The molecule has 1 rings (SSSR count). The van der Waals surface area contributed by atoms with Crippen LogP contribution in [0.1, 0.15) is 12.8 Å². The zero-order valence-electron chi connectivity index (χ0n) is 8.81. The first-order chi connectivity index (χ1) is 7.85. The Balaban J connectivity index is 2.17. The number of amides is 2. The molecule has 0 radical (unpaired) electrons. The molecule has 8 heteroatoms. The fraction of sp³-hybridized carbons (Fsp3) is 0.778. The van der Waals surface area contributed by atoms with Gasteiger partial charge in [-0.2, -0.15) is 8.78 Å². The van der Waals surface area contributed by atoms with E-state index in [1.807, 2.05) is 0 Å². The Morgan fingerprint density at radius 3 is 2.18 bits per heavy atom. The number of nitrogens with one attached hydrogen (secondary N) is 2. The Hall–Kier alpha value is -1.34. The molecule has 1 aliphatic rings. The van der Waals surface area contributed by atoms with Crippen LogP contribution in [0.2, 0.25) is 0 Å². The molecule has 1 aliphatic carbocycles. The number of hydrogen-bond acceptors (Lipinski definition) is 2. The summed E-state index contributed by atoms with van der Waals surface area (Å²) in [6.45, 7) is -0.361. The van der Waals surface area contributed by atoms with Crippen LogP contribution in [0.15, 0.2) is 0 Å². The van der Waals surface area contributed by atoms with Crippen LogP contribution in [0.5, 0.6) is 0 Å². The highest BCUT2D eigenvalue weighted by atomic mass is 19.3. The van der Waals surface area contributed by atoms with Gasteiger partial charge in [-0.15, -0.1) is 0 Å². The lowest BCUT2D eigenvalue weighted by molar-refractivity contribution is -0.169. The lowest BCUT2D eigenvalue weighted by Gasteiger charge is -2.14. The summed E-state index contributed by atoms with van der Waals surface area (Å²) >= 11 is 0. The van der Waals surface area contributed by atoms with Gasteiger partial charge in [-0.25, -0.2) is 8.78 Å². The normalized spacial score (nSPS) is 15.8. The quantitative estimate of drug-likeness (QED) is 0.538. The summed E-state index contributed by atoms with van der Waals surface area (Å²) in [6, 6.07) is 0. The summed E-state index contributed by atoms with van der Waals surface area (Å²) in [5.41, 5.74) is 0. The van der Waals surface area contributed by atoms with Crippen LogP contribution in [0.3, 0.4) is 0 Å². The smallest absolute Gasteiger partial charge is 0.354 e. The minimum absolute atomic E-state index is 0.0341. The van der Waals surface area contributed by atoms with Crippen molar-refractivity contribution < 1.29 is 27.2 Å². The first-order valence-electron chi connectivity index (χ1n) is 5.07. The summed E-state index contributed by atoms with van der Waals surface area (Å²) < 4.78 is 48.3. The van der Waals surface area contributed by atoms with Gasteiger partial charge in [0.15, 0.2) is 0 Å². The maximum Gasteiger partial charge on any atom is 0.383 e. The first-order valence-corrected chi connectivity index (χ1v) is 5.07. The number of carbonyl (C=O) groups is 2. The Morgan fingerprint density at radius 1 is 1.18 bits per heavy atom. The van der Waals surface area contributed by atoms with Gasteiger partial charge >= 0.3 is 12.3 Å². The molecule has 0 spiro atoms. The molecule has 0 bridgehead atoms. The van der Waals surface area contributed by atoms with Crippen LogP contribution in [-0.2, 0) is 9.59 Å². The van der Waals surface area contributed by atoms with Gasteiger partial charge in [0, 0.05) is 19.0 Å². The molecule has 0 heterocycles. The van der Waals surface area contributed by atoms with Gasteiger partial charge in [0.05, 0.1) is 0 Å². The van der Waals surface area contributed by atoms with Crippen molar-refractivity contribution in [1.29, 1.82) is 0 Å². The molecule has 2 amide bonds. The van der Waals surface area contributed by atoms with Crippen LogP contribution < -0.4 is 10.6 Å². The van der Waals surface area contributed by atoms with Gasteiger partial charge in [0.2, 0.25) is 5.91 Å². The molecular weight excluding hydrogens is 244 g/mol. The molecule has 0 aromatic carbocycles. The summed E-state index contributed by atoms with van der Waals surface area (Å²) in [4.78, 5) is 21.7. The zero-order valence-corrected chi connectivity index (χ0v) is 8.81. The molecular formula is C9H12F4N2O2. The van der Waals surface area contributed by atoms with E-state index >= 15 is 0 Å². The van der Waals surface area contributed by atoms with E-state index in [1.54, 1.807) is 5.32 Å². The second-order valence-corrected chi connectivity index (χ2v) is 3.74. The number of hydrogen-bond donors (Lipinski definition) is 2. The predicted molar refractivity (Wildman–Crippen MR) is 49.7 cm³/mol. The van der Waals surface area contributed by atoms with Crippen molar-refractivity contribution in [2.45, 2.75) is 25.2 Å². The van der Waals surface area contributed by atoms with E-state index in [0.717, 1.165) is 12.8 Å². The molecule has 0 aromatic rings. The van der Waals surface area contributed by atoms with Crippen LogP contribution in [0, 0.1) is 5.92 Å². The highest BCUT2D eigenvalue weighted by Gasteiger charge is 2.48. The molecule has 0 saturated heterocycles. The average molecular weight is 256 g/mol. The highest BCUT2D eigenvalue weighted by molar-refractivity contribution is 5.84. The van der Waals surface area contributed by atoms with Crippen molar-refractivity contribution in [3.05, 3.63) is 0 Å². The monoisotopic (exact) mass is 256 g/mol. The highest BCUT2D eigenvalue weighted by Crippen LogP contribution is 2.28. The molecule has 98 valence electrons. The van der Waals surface area contributed by atoms with Gasteiger partial charge < -0.3 is 10.6 Å². The van der Waals surface area contributed by atoms with E-state index in [4.69, 9.17) is 0 Å². The van der Waals surface area contributed by atoms with E-state index in [1.165, 1.54) is 0 Å². The summed E-state index contributed by atoms with van der Waals surface area (Å²) in [5, 5.41) is 4.03. The number of alkyl halides is 4. The van der Waals surface area contributed by atoms with Crippen molar-refractivity contribution in [1.82, 2.24) is 10.6 Å². The predicted octanol–water partition coefficient (Wildman–Crippen LogP) is 0.529. The van der Waals surface area contributed by atoms with E-state index < -0.39 is 18.3 Å². The van der Waals surface area contributed by atoms with Crippen molar-refractivity contribution in [3.8, 4) is 0 Å². The number of halogens is 4. The van der Waals surface area contributed by atoms with E-state index in [2.05, 4.69) is 5.32 Å². The third kappa shape index (κ3) is 3.86. The molecule has 0 unspecified atom stereocenters. The van der Waals surface area contributed by atoms with E-state index in [0.29, 0.717) is 0 Å². The Labute approximate surface area is 94.7 Å². The van der Waals surface area contributed by atoms with Crippen LogP contribution >= 0.6 is 0 Å². The molecule has 1 saturated carbocycles. The van der Waals surface area contributed by atoms with E-state index in [9.17, 15) is 27.2 Å². The standard InChI is InChI=1S/C9H12F4N2O2/c10-7(11)9(12,13)8(17)15-4-3-14-6(16)5-1-2-5/h5,7H,1-4H2,(H,14,16)(H,15,17). The third-order valence-corrected chi connectivity index (χ3v) is 2.23. The minimum Gasteiger partial charge on any atom is -0.354 e. The van der Waals surface area contributed by atoms with E-state index in [-0.39, 0.29) is 24.9 Å². The summed E-state index contributed by atoms with van der Waals surface area (Å²) in [5.74, 6) is -6.97. The molecule has 2 N–H and O–H groups in total. The number of carbonyl (C=O) groups excluding carboxylic acids is 2. The lowest BCUT2D eigenvalue weighted by atomic mass is 10.3. The SMILES string of the molecule is O=C(NCCNC(=O)C(F)(F)C(F)F)C1CC1. The maximum absolute atomic E-state index is 12.4. The largest absolute Gasteiger partial charge is 0.383 e. The molecule has 17 heavy (non-hydrogen) atoms. The van der Waals surface area contributed by atoms with Crippen molar-refractivity contribution in [2.24, 2.45) is 5.92 Å². The van der Waals surface area contributed by atoms with Gasteiger partial charge in [-0.1, -0.05) is 0 Å². The first kappa shape index (κ1) is 13.7. The van der Waals surface area contributed by atoms with Gasteiger partial charge in [-0.05, 0) is 12.8 Å². The Morgan fingerprint density at radius 2 is 1.71 bits per heavy atom. The third-order valence-electron chi connectivity index (χ3n) is 2.23. The van der Waals surface area contributed by atoms with Crippen molar-refractivity contribution in [2.75, 3.05) is 13.1 Å². The molecule has 0 aromatic heterocycles. The van der Waals surface area contributed by atoms with Crippen LogP contribution in [0.25, 0.3) is 0 Å². The Kier molecular flexibility index (Phi) is 4.30. The minimum atomic E-state index is -4.69. The molecule has 0 atom stereocenters. The Bertz CT molecular complexity index is 305. The van der Waals surface area contributed by atoms with Crippen molar-refractivity contribution in [3.63, 3.8) is 0 Å².